The van der Waals surface area contributed by atoms with Crippen molar-refractivity contribution in [1.82, 2.24) is 0 Å². The summed E-state index contributed by atoms with van der Waals surface area (Å²) in [6.07, 6.45) is 6.52. The molecule has 1 aromatic rings. The third kappa shape index (κ3) is 5.01. The first-order valence-electron chi connectivity index (χ1n) is 5.26. The molecule has 2 nitrogen and oxygen atoms in total. The quantitative estimate of drug-likeness (QED) is 0.318. The summed E-state index contributed by atoms with van der Waals surface area (Å²) in [6, 6.07) is 9.08. The standard InChI is InChI=1S/C13H16O2/c1-2-3-4-8-11-13(14)15-12-9-6-5-7-10-12/h5-11H,2-4H2,1H3/b11-8+. The van der Waals surface area contributed by atoms with Gasteiger partial charge in [0.1, 0.15) is 5.75 Å². The van der Waals surface area contributed by atoms with Crippen LogP contribution >= 0.6 is 0 Å². The number of hydrogen-bond donors (Lipinski definition) is 0. The third-order valence-corrected chi connectivity index (χ3v) is 1.94. The molecule has 0 aliphatic heterocycles. The summed E-state index contributed by atoms with van der Waals surface area (Å²) >= 11 is 0. The molecule has 0 aliphatic rings. The molecule has 0 atom stereocenters. The van der Waals surface area contributed by atoms with Gasteiger partial charge in [0.25, 0.3) is 0 Å². The van der Waals surface area contributed by atoms with E-state index < -0.39 is 0 Å². The fraction of sp³-hybridized carbons (Fsp3) is 0.308. The van der Waals surface area contributed by atoms with Crippen LogP contribution in [0.15, 0.2) is 42.5 Å². The summed E-state index contributed by atoms with van der Waals surface area (Å²) in [5, 5.41) is 0. The number of para-hydroxylation sites is 1. The highest BCUT2D eigenvalue weighted by molar-refractivity contribution is 5.83. The van der Waals surface area contributed by atoms with Crippen molar-refractivity contribution in [3.8, 4) is 5.75 Å². The van der Waals surface area contributed by atoms with Gasteiger partial charge in [-0.3, -0.25) is 0 Å². The van der Waals surface area contributed by atoms with Crippen LogP contribution in [0.3, 0.4) is 0 Å². The van der Waals surface area contributed by atoms with Crippen molar-refractivity contribution in [2.75, 3.05) is 0 Å². The van der Waals surface area contributed by atoms with Crippen LogP contribution in [0.5, 0.6) is 5.75 Å². The van der Waals surface area contributed by atoms with Crippen molar-refractivity contribution in [3.05, 3.63) is 42.5 Å². The SMILES string of the molecule is CCCC/C=C/C(=O)Oc1ccccc1. The van der Waals surface area contributed by atoms with Crippen LogP contribution < -0.4 is 4.74 Å². The maximum absolute atomic E-state index is 11.3. The Morgan fingerprint density at radius 3 is 2.73 bits per heavy atom. The molecule has 0 N–H and O–H groups in total. The van der Waals surface area contributed by atoms with Gasteiger partial charge in [0.05, 0.1) is 0 Å². The number of benzene rings is 1. The van der Waals surface area contributed by atoms with Crippen molar-refractivity contribution in [2.24, 2.45) is 0 Å². The molecule has 0 heterocycles. The van der Waals surface area contributed by atoms with Crippen LogP contribution in [0, 0.1) is 0 Å². The fourth-order valence-corrected chi connectivity index (χ4v) is 1.14. The lowest BCUT2D eigenvalue weighted by molar-refractivity contribution is -0.129. The first-order valence-corrected chi connectivity index (χ1v) is 5.26. The van der Waals surface area contributed by atoms with E-state index in [9.17, 15) is 4.79 Å². The molecule has 0 saturated heterocycles. The minimum atomic E-state index is -0.308. The largest absolute Gasteiger partial charge is 0.423 e. The molecule has 0 radical (unpaired) electrons. The van der Waals surface area contributed by atoms with Crippen molar-refractivity contribution < 1.29 is 9.53 Å². The van der Waals surface area contributed by atoms with Crippen molar-refractivity contribution in [1.29, 1.82) is 0 Å². The summed E-state index contributed by atoms with van der Waals surface area (Å²) in [6.45, 7) is 2.12. The Balaban J connectivity index is 2.33. The highest BCUT2D eigenvalue weighted by Gasteiger charge is 1.97. The van der Waals surface area contributed by atoms with Gasteiger partial charge in [0, 0.05) is 6.08 Å². The molecule has 0 aliphatic carbocycles. The Morgan fingerprint density at radius 2 is 2.07 bits per heavy atom. The summed E-state index contributed by atoms with van der Waals surface area (Å²) < 4.78 is 5.07. The zero-order valence-corrected chi connectivity index (χ0v) is 8.98. The minimum absolute atomic E-state index is 0.308. The molecule has 2 heteroatoms. The monoisotopic (exact) mass is 204 g/mol. The number of unbranched alkanes of at least 4 members (excludes halogenated alkanes) is 2. The van der Waals surface area contributed by atoms with E-state index in [1.807, 2.05) is 24.3 Å². The van der Waals surface area contributed by atoms with Crippen LogP contribution in [0.1, 0.15) is 26.2 Å². The average Bonchev–Trinajstić information content (AvgIpc) is 2.26. The van der Waals surface area contributed by atoms with Crippen LogP contribution in [-0.4, -0.2) is 5.97 Å². The van der Waals surface area contributed by atoms with Gasteiger partial charge in [-0.2, -0.15) is 0 Å². The number of carbonyl (C=O) groups excluding carboxylic acids is 1. The fourth-order valence-electron chi connectivity index (χ4n) is 1.14. The van der Waals surface area contributed by atoms with Gasteiger partial charge < -0.3 is 4.74 Å². The second-order valence-electron chi connectivity index (χ2n) is 3.28. The maximum atomic E-state index is 11.3. The summed E-state index contributed by atoms with van der Waals surface area (Å²) in [5.74, 6) is 0.278. The van der Waals surface area contributed by atoms with E-state index in [0.29, 0.717) is 5.75 Å². The van der Waals surface area contributed by atoms with Gasteiger partial charge in [-0.25, -0.2) is 4.79 Å². The Labute approximate surface area is 90.6 Å². The topological polar surface area (TPSA) is 26.3 Å². The van der Waals surface area contributed by atoms with E-state index >= 15 is 0 Å². The van der Waals surface area contributed by atoms with E-state index in [1.165, 1.54) is 6.08 Å². The molecule has 0 aromatic heterocycles. The first-order chi connectivity index (χ1) is 7.33. The molecule has 0 amide bonds. The van der Waals surface area contributed by atoms with Crippen LogP contribution in [0.25, 0.3) is 0 Å². The number of esters is 1. The zero-order chi connectivity index (χ0) is 10.9. The number of hydrogen-bond acceptors (Lipinski definition) is 2. The number of ether oxygens (including phenoxy) is 1. The predicted octanol–water partition coefficient (Wildman–Crippen LogP) is 3.34. The third-order valence-electron chi connectivity index (χ3n) is 1.94. The molecule has 0 bridgehead atoms. The van der Waals surface area contributed by atoms with E-state index in [4.69, 9.17) is 4.74 Å². The number of allylic oxidation sites excluding steroid dienone is 1. The second-order valence-corrected chi connectivity index (χ2v) is 3.28. The average molecular weight is 204 g/mol. The number of rotatable bonds is 5. The first kappa shape index (κ1) is 11.5. The lowest BCUT2D eigenvalue weighted by atomic mass is 10.2. The molecule has 0 saturated carbocycles. The van der Waals surface area contributed by atoms with Crippen molar-refractivity contribution in [3.63, 3.8) is 0 Å². The highest BCUT2D eigenvalue weighted by atomic mass is 16.5. The molecule has 0 unspecified atom stereocenters. The Hall–Kier alpha value is -1.57. The summed E-state index contributed by atoms with van der Waals surface area (Å²) in [5.41, 5.74) is 0. The lowest BCUT2D eigenvalue weighted by Gasteiger charge is -1.99. The Morgan fingerprint density at radius 1 is 1.33 bits per heavy atom. The van der Waals surface area contributed by atoms with E-state index in [-0.39, 0.29) is 5.97 Å². The number of carbonyl (C=O) groups is 1. The van der Waals surface area contributed by atoms with Gasteiger partial charge in [0.15, 0.2) is 0 Å². The molecule has 0 fully saturated rings. The van der Waals surface area contributed by atoms with E-state index in [0.717, 1.165) is 19.3 Å². The van der Waals surface area contributed by atoms with Crippen molar-refractivity contribution >= 4 is 5.97 Å². The smallest absolute Gasteiger partial charge is 0.335 e. The highest BCUT2D eigenvalue weighted by Crippen LogP contribution is 2.08. The molecular weight excluding hydrogens is 188 g/mol. The Bertz CT molecular complexity index is 315. The molecule has 0 spiro atoms. The summed E-state index contributed by atoms with van der Waals surface area (Å²) in [7, 11) is 0. The van der Waals surface area contributed by atoms with Gasteiger partial charge >= 0.3 is 5.97 Å². The molecule has 1 rings (SSSR count). The van der Waals surface area contributed by atoms with Crippen molar-refractivity contribution in [2.45, 2.75) is 26.2 Å². The van der Waals surface area contributed by atoms with Crippen LogP contribution in [-0.2, 0) is 4.79 Å². The molecule has 80 valence electrons. The van der Waals surface area contributed by atoms with Crippen LogP contribution in [0.2, 0.25) is 0 Å². The van der Waals surface area contributed by atoms with Gasteiger partial charge in [-0.15, -0.1) is 0 Å². The second kappa shape index (κ2) is 6.82. The molecular formula is C13H16O2. The summed E-state index contributed by atoms with van der Waals surface area (Å²) in [4.78, 5) is 11.3. The predicted molar refractivity (Wildman–Crippen MR) is 60.7 cm³/mol. The molecule has 1 aromatic carbocycles. The molecule has 15 heavy (non-hydrogen) atoms. The zero-order valence-electron chi connectivity index (χ0n) is 8.98. The minimum Gasteiger partial charge on any atom is -0.423 e. The maximum Gasteiger partial charge on any atom is 0.335 e. The normalized spacial score (nSPS) is 10.5. The van der Waals surface area contributed by atoms with E-state index in [2.05, 4.69) is 6.92 Å². The van der Waals surface area contributed by atoms with Gasteiger partial charge in [-0.1, -0.05) is 44.0 Å². The van der Waals surface area contributed by atoms with Crippen LogP contribution in [0.4, 0.5) is 0 Å². The van der Waals surface area contributed by atoms with E-state index in [1.54, 1.807) is 12.1 Å². The Kier molecular flexibility index (Phi) is 5.23. The lowest BCUT2D eigenvalue weighted by Crippen LogP contribution is -2.03. The van der Waals surface area contributed by atoms with Gasteiger partial charge in [0.2, 0.25) is 0 Å². The van der Waals surface area contributed by atoms with Gasteiger partial charge in [-0.05, 0) is 18.6 Å².